The first-order valence-electron chi connectivity index (χ1n) is 6.28. The van der Waals surface area contributed by atoms with Crippen LogP contribution in [0.5, 0.6) is 0 Å². The van der Waals surface area contributed by atoms with Gasteiger partial charge in [-0.1, -0.05) is 42.1 Å². The van der Waals surface area contributed by atoms with Crippen molar-refractivity contribution in [3.05, 3.63) is 64.4 Å². The predicted octanol–water partition coefficient (Wildman–Crippen LogP) is 4.54. The van der Waals surface area contributed by atoms with Crippen LogP contribution in [0.25, 0.3) is 6.08 Å². The van der Waals surface area contributed by atoms with E-state index in [4.69, 9.17) is 0 Å². The summed E-state index contributed by atoms with van der Waals surface area (Å²) in [6, 6.07) is 18.0. The Morgan fingerprint density at radius 3 is 2.29 bits per heavy atom. The molecule has 0 N–H and O–H groups in total. The zero-order chi connectivity index (χ0) is 15.3. The highest BCUT2D eigenvalue weighted by Gasteiger charge is 2.09. The molecule has 0 aliphatic carbocycles. The normalized spacial score (nSPS) is 12.4. The van der Waals surface area contributed by atoms with E-state index in [2.05, 4.69) is 12.1 Å². The third-order valence-electron chi connectivity index (χ3n) is 2.69. The molecule has 2 aromatic rings. The molecule has 5 heteroatoms. The van der Waals surface area contributed by atoms with Crippen LogP contribution in [0, 0.1) is 0 Å². The van der Waals surface area contributed by atoms with Gasteiger partial charge in [-0.15, -0.1) is 11.8 Å². The Kier molecular flexibility index (Phi) is 5.56. The standard InChI is InChI=1S/C16H16O2S3/c1-19-16(21(2,17)18)12-13-7-6-10-15(11-13)20-14-8-4-3-5-9-14/h3-12H,1-2H3. The van der Waals surface area contributed by atoms with Crippen LogP contribution < -0.4 is 0 Å². The van der Waals surface area contributed by atoms with Crippen molar-refractivity contribution < 1.29 is 8.42 Å². The predicted molar refractivity (Wildman–Crippen MR) is 93.3 cm³/mol. The first-order chi connectivity index (χ1) is 9.99. The van der Waals surface area contributed by atoms with Gasteiger partial charge < -0.3 is 0 Å². The van der Waals surface area contributed by atoms with Crippen LogP contribution in [0.4, 0.5) is 0 Å². The minimum atomic E-state index is -3.17. The molecule has 0 aromatic heterocycles. The largest absolute Gasteiger partial charge is 0.223 e. The van der Waals surface area contributed by atoms with E-state index >= 15 is 0 Å². The molecule has 0 aliphatic rings. The van der Waals surface area contributed by atoms with Gasteiger partial charge in [-0.05, 0) is 42.2 Å². The first kappa shape index (κ1) is 16.2. The van der Waals surface area contributed by atoms with Crippen molar-refractivity contribution in [1.82, 2.24) is 0 Å². The molecule has 0 bridgehead atoms. The molecule has 0 atom stereocenters. The Morgan fingerprint density at radius 1 is 1.00 bits per heavy atom. The minimum Gasteiger partial charge on any atom is -0.223 e. The van der Waals surface area contributed by atoms with Crippen molar-refractivity contribution in [3.8, 4) is 0 Å². The summed E-state index contributed by atoms with van der Waals surface area (Å²) in [5, 5.41) is 0. The second-order valence-electron chi connectivity index (χ2n) is 4.43. The quantitative estimate of drug-likeness (QED) is 0.802. The Hall–Kier alpha value is -1.17. The third-order valence-corrected chi connectivity index (χ3v) is 6.46. The van der Waals surface area contributed by atoms with Gasteiger partial charge >= 0.3 is 0 Å². The topological polar surface area (TPSA) is 34.1 Å². The number of rotatable bonds is 5. The molecule has 0 saturated heterocycles. The van der Waals surface area contributed by atoms with Gasteiger partial charge in [-0.2, -0.15) is 0 Å². The summed E-state index contributed by atoms with van der Waals surface area (Å²) in [5.74, 6) is 0. The maximum Gasteiger partial charge on any atom is 0.181 e. The lowest BCUT2D eigenvalue weighted by molar-refractivity contribution is 0.609. The molecular weight excluding hydrogens is 320 g/mol. The van der Waals surface area contributed by atoms with Crippen molar-refractivity contribution in [1.29, 1.82) is 0 Å². The number of thioether (sulfide) groups is 1. The summed E-state index contributed by atoms with van der Waals surface area (Å²) in [6.07, 6.45) is 4.72. The Labute approximate surface area is 134 Å². The zero-order valence-corrected chi connectivity index (χ0v) is 14.3. The second kappa shape index (κ2) is 7.20. The van der Waals surface area contributed by atoms with Crippen molar-refractivity contribution in [2.24, 2.45) is 0 Å². The molecule has 0 amide bonds. The van der Waals surface area contributed by atoms with Crippen LogP contribution in [0.3, 0.4) is 0 Å². The lowest BCUT2D eigenvalue weighted by Crippen LogP contribution is -1.96. The highest BCUT2D eigenvalue weighted by Crippen LogP contribution is 2.29. The maximum absolute atomic E-state index is 11.6. The highest BCUT2D eigenvalue weighted by molar-refractivity contribution is 8.18. The van der Waals surface area contributed by atoms with E-state index in [-0.39, 0.29) is 0 Å². The first-order valence-corrected chi connectivity index (χ1v) is 10.2. The van der Waals surface area contributed by atoms with Gasteiger partial charge in [0.1, 0.15) is 0 Å². The van der Waals surface area contributed by atoms with E-state index in [9.17, 15) is 8.42 Å². The molecule has 2 aromatic carbocycles. The molecule has 0 aliphatic heterocycles. The summed E-state index contributed by atoms with van der Waals surface area (Å²) < 4.78 is 23.7. The molecule has 110 valence electrons. The average Bonchev–Trinajstić information content (AvgIpc) is 2.45. The lowest BCUT2D eigenvalue weighted by atomic mass is 10.2. The van der Waals surface area contributed by atoms with Gasteiger partial charge in [0.2, 0.25) is 0 Å². The van der Waals surface area contributed by atoms with Crippen LogP contribution >= 0.6 is 23.5 Å². The fourth-order valence-electron chi connectivity index (χ4n) is 1.75. The van der Waals surface area contributed by atoms with E-state index in [0.29, 0.717) is 4.24 Å². The summed E-state index contributed by atoms with van der Waals surface area (Å²) in [5.41, 5.74) is 0.894. The van der Waals surface area contributed by atoms with Gasteiger partial charge in [0.15, 0.2) is 9.84 Å². The summed E-state index contributed by atoms with van der Waals surface area (Å²) in [6.45, 7) is 0. The van der Waals surface area contributed by atoms with Gasteiger partial charge in [0, 0.05) is 16.0 Å². The van der Waals surface area contributed by atoms with Gasteiger partial charge in [0.05, 0.1) is 4.24 Å². The van der Waals surface area contributed by atoms with Crippen LogP contribution in [-0.2, 0) is 9.84 Å². The number of benzene rings is 2. The van der Waals surface area contributed by atoms with Crippen LogP contribution in [0.1, 0.15) is 5.56 Å². The molecule has 0 saturated carbocycles. The number of hydrogen-bond acceptors (Lipinski definition) is 4. The molecule has 0 spiro atoms. The highest BCUT2D eigenvalue weighted by atomic mass is 32.3. The zero-order valence-electron chi connectivity index (χ0n) is 11.8. The SMILES string of the molecule is CSC(=Cc1cccc(Sc2ccccc2)c1)S(C)(=O)=O. The number of sulfone groups is 1. The molecule has 0 heterocycles. The second-order valence-corrected chi connectivity index (χ2v) is 8.66. The molecule has 0 unspecified atom stereocenters. The van der Waals surface area contributed by atoms with Crippen LogP contribution in [-0.4, -0.2) is 20.9 Å². The minimum absolute atomic E-state index is 0.379. The summed E-state index contributed by atoms with van der Waals surface area (Å²) in [7, 11) is -3.17. The molecule has 21 heavy (non-hydrogen) atoms. The molecule has 2 rings (SSSR count). The van der Waals surface area contributed by atoms with Gasteiger partial charge in [-0.3, -0.25) is 0 Å². The summed E-state index contributed by atoms with van der Waals surface area (Å²) >= 11 is 2.91. The van der Waals surface area contributed by atoms with Crippen molar-refractivity contribution in [2.45, 2.75) is 9.79 Å². The van der Waals surface area contributed by atoms with E-state index in [1.54, 1.807) is 24.1 Å². The van der Waals surface area contributed by atoms with Gasteiger partial charge in [0.25, 0.3) is 0 Å². The van der Waals surface area contributed by atoms with E-state index in [1.165, 1.54) is 18.0 Å². The van der Waals surface area contributed by atoms with Crippen molar-refractivity contribution in [3.63, 3.8) is 0 Å². The van der Waals surface area contributed by atoms with Gasteiger partial charge in [-0.25, -0.2) is 8.42 Å². The lowest BCUT2D eigenvalue weighted by Gasteiger charge is -2.04. The van der Waals surface area contributed by atoms with E-state index in [0.717, 1.165) is 15.4 Å². The Bertz CT molecular complexity index is 735. The number of hydrogen-bond donors (Lipinski definition) is 0. The van der Waals surface area contributed by atoms with Crippen molar-refractivity contribution >= 4 is 39.4 Å². The molecule has 2 nitrogen and oxygen atoms in total. The maximum atomic E-state index is 11.6. The molecule has 0 fully saturated rings. The third kappa shape index (κ3) is 4.95. The summed E-state index contributed by atoms with van der Waals surface area (Å²) in [4.78, 5) is 2.25. The average molecular weight is 337 g/mol. The Balaban J connectivity index is 2.28. The van der Waals surface area contributed by atoms with Crippen molar-refractivity contribution in [2.75, 3.05) is 12.5 Å². The van der Waals surface area contributed by atoms with E-state index in [1.807, 2.05) is 42.5 Å². The van der Waals surface area contributed by atoms with E-state index < -0.39 is 9.84 Å². The van der Waals surface area contributed by atoms with Crippen LogP contribution in [0.15, 0.2) is 68.6 Å². The Morgan fingerprint density at radius 2 is 1.67 bits per heavy atom. The van der Waals surface area contributed by atoms with Crippen LogP contribution in [0.2, 0.25) is 0 Å². The smallest absolute Gasteiger partial charge is 0.181 e. The molecular formula is C16H16O2S3. The monoisotopic (exact) mass is 336 g/mol. The fourth-order valence-corrected chi connectivity index (χ4v) is 4.47. The molecule has 0 radical (unpaired) electrons. The fraction of sp³-hybridized carbons (Fsp3) is 0.125.